The largest absolute Gasteiger partial charge is 0.497 e. The van der Waals surface area contributed by atoms with Crippen molar-refractivity contribution in [1.29, 1.82) is 0 Å². The van der Waals surface area contributed by atoms with Gasteiger partial charge in [0.25, 0.3) is 0 Å². The molecule has 0 amide bonds. The van der Waals surface area contributed by atoms with Crippen molar-refractivity contribution in [1.82, 2.24) is 0 Å². The van der Waals surface area contributed by atoms with E-state index in [9.17, 15) is 0 Å². The highest BCUT2D eigenvalue weighted by atomic mass is 79.9. The number of hydrogen-bond donors (Lipinski definition) is 0. The van der Waals surface area contributed by atoms with Gasteiger partial charge in [-0.05, 0) is 28.9 Å². The molecule has 80 valence electrons. The molecule has 0 radical (unpaired) electrons. The Labute approximate surface area is 98.7 Å². The van der Waals surface area contributed by atoms with Crippen LogP contribution in [0.3, 0.4) is 0 Å². The van der Waals surface area contributed by atoms with Crippen molar-refractivity contribution in [2.45, 2.75) is 6.92 Å². The van der Waals surface area contributed by atoms with Gasteiger partial charge in [0, 0.05) is 35.4 Å². The van der Waals surface area contributed by atoms with Gasteiger partial charge in [-0.1, -0.05) is 11.6 Å². The molecule has 1 heterocycles. The number of halogens is 1. The van der Waals surface area contributed by atoms with Crippen LogP contribution < -0.4 is 9.64 Å². The van der Waals surface area contributed by atoms with Gasteiger partial charge in [0.05, 0.1) is 7.11 Å². The lowest BCUT2D eigenvalue weighted by atomic mass is 10.0. The molecule has 2 nitrogen and oxygen atoms in total. The topological polar surface area (TPSA) is 12.5 Å². The fourth-order valence-electron chi connectivity index (χ4n) is 1.91. The lowest BCUT2D eigenvalue weighted by Gasteiger charge is -2.27. The third-order valence-electron chi connectivity index (χ3n) is 2.61. The van der Waals surface area contributed by atoms with E-state index in [4.69, 9.17) is 4.74 Å². The molecule has 1 aromatic carbocycles. The van der Waals surface area contributed by atoms with E-state index in [1.54, 1.807) is 7.11 Å². The molecule has 2 rings (SSSR count). The number of anilines is 1. The summed E-state index contributed by atoms with van der Waals surface area (Å²) in [6.45, 7) is 3.13. The molecule has 0 atom stereocenters. The third-order valence-corrected chi connectivity index (χ3v) is 3.26. The quantitative estimate of drug-likeness (QED) is 0.774. The predicted molar refractivity (Wildman–Crippen MR) is 67.6 cm³/mol. The van der Waals surface area contributed by atoms with E-state index in [2.05, 4.69) is 46.9 Å². The van der Waals surface area contributed by atoms with Crippen LogP contribution in [0.5, 0.6) is 5.75 Å². The summed E-state index contributed by atoms with van der Waals surface area (Å²) >= 11 is 3.58. The lowest BCUT2D eigenvalue weighted by molar-refractivity contribution is 0.414. The van der Waals surface area contributed by atoms with Crippen LogP contribution in [-0.4, -0.2) is 20.7 Å². The van der Waals surface area contributed by atoms with Crippen molar-refractivity contribution in [2.24, 2.45) is 0 Å². The SMILES string of the molecule is COc1cc(Br)c2c(c1)N(C)CC(C)=C2. The van der Waals surface area contributed by atoms with Gasteiger partial charge < -0.3 is 9.64 Å². The van der Waals surface area contributed by atoms with Crippen molar-refractivity contribution in [3.05, 3.63) is 27.7 Å². The molecule has 0 fully saturated rings. The molecule has 0 saturated heterocycles. The van der Waals surface area contributed by atoms with Crippen LogP contribution in [0.15, 0.2) is 22.2 Å². The highest BCUT2D eigenvalue weighted by molar-refractivity contribution is 9.10. The standard InChI is InChI=1S/C12H14BrNO/c1-8-4-10-11(13)5-9(15-3)6-12(10)14(2)7-8/h4-6H,7H2,1-3H3. The number of nitrogens with zero attached hydrogens (tertiary/aromatic N) is 1. The molecule has 0 N–H and O–H groups in total. The van der Waals surface area contributed by atoms with Gasteiger partial charge in [-0.25, -0.2) is 0 Å². The monoisotopic (exact) mass is 267 g/mol. The molecule has 0 spiro atoms. The number of hydrogen-bond acceptors (Lipinski definition) is 2. The number of likely N-dealkylation sites (N-methyl/N-ethyl adjacent to an activating group) is 1. The maximum Gasteiger partial charge on any atom is 0.122 e. The Kier molecular flexibility index (Phi) is 2.74. The van der Waals surface area contributed by atoms with Crippen LogP contribution in [0.4, 0.5) is 5.69 Å². The zero-order chi connectivity index (χ0) is 11.0. The minimum Gasteiger partial charge on any atom is -0.497 e. The van der Waals surface area contributed by atoms with Gasteiger partial charge in [0.1, 0.15) is 5.75 Å². The summed E-state index contributed by atoms with van der Waals surface area (Å²) in [7, 11) is 3.79. The first-order valence-corrected chi connectivity index (χ1v) is 5.67. The Morgan fingerprint density at radius 1 is 1.40 bits per heavy atom. The van der Waals surface area contributed by atoms with Crippen LogP contribution in [-0.2, 0) is 0 Å². The molecular formula is C12H14BrNO. The van der Waals surface area contributed by atoms with Crippen LogP contribution >= 0.6 is 15.9 Å². The van der Waals surface area contributed by atoms with Gasteiger partial charge in [-0.15, -0.1) is 0 Å². The first kappa shape index (κ1) is 10.6. The summed E-state index contributed by atoms with van der Waals surface area (Å²) in [6, 6.07) is 4.07. The summed E-state index contributed by atoms with van der Waals surface area (Å²) < 4.78 is 6.34. The number of methoxy groups -OCH3 is 1. The van der Waals surface area contributed by atoms with Crippen LogP contribution in [0.2, 0.25) is 0 Å². The average molecular weight is 268 g/mol. The van der Waals surface area contributed by atoms with Gasteiger partial charge in [0.15, 0.2) is 0 Å². The molecule has 1 aliphatic heterocycles. The Morgan fingerprint density at radius 2 is 2.13 bits per heavy atom. The van der Waals surface area contributed by atoms with E-state index < -0.39 is 0 Å². The minimum absolute atomic E-state index is 0.889. The van der Waals surface area contributed by atoms with Gasteiger partial charge in [-0.3, -0.25) is 0 Å². The zero-order valence-corrected chi connectivity index (χ0v) is 10.8. The highest BCUT2D eigenvalue weighted by Crippen LogP contribution is 2.36. The Hall–Kier alpha value is -0.960. The molecule has 1 aromatic rings. The lowest BCUT2D eigenvalue weighted by Crippen LogP contribution is -2.23. The van der Waals surface area contributed by atoms with E-state index >= 15 is 0 Å². The summed E-state index contributed by atoms with van der Waals surface area (Å²) in [6.07, 6.45) is 2.22. The number of ether oxygens (including phenoxy) is 1. The number of fused-ring (bicyclic) bond motifs is 1. The van der Waals surface area contributed by atoms with Gasteiger partial charge >= 0.3 is 0 Å². The average Bonchev–Trinajstić information content (AvgIpc) is 2.19. The van der Waals surface area contributed by atoms with Gasteiger partial charge in [0.2, 0.25) is 0 Å². The van der Waals surface area contributed by atoms with E-state index in [-0.39, 0.29) is 0 Å². The Balaban J connectivity index is 2.60. The first-order valence-electron chi connectivity index (χ1n) is 4.87. The molecule has 0 aliphatic carbocycles. The van der Waals surface area contributed by atoms with Crippen molar-refractivity contribution < 1.29 is 4.74 Å². The molecule has 0 bridgehead atoms. The smallest absolute Gasteiger partial charge is 0.122 e. The molecule has 15 heavy (non-hydrogen) atoms. The van der Waals surface area contributed by atoms with Crippen molar-refractivity contribution in [3.63, 3.8) is 0 Å². The second-order valence-corrected chi connectivity index (χ2v) is 4.74. The fraction of sp³-hybridized carbons (Fsp3) is 0.333. The molecular weight excluding hydrogens is 254 g/mol. The van der Waals surface area contributed by atoms with E-state index in [1.165, 1.54) is 16.8 Å². The fourth-order valence-corrected chi connectivity index (χ4v) is 2.45. The zero-order valence-electron chi connectivity index (χ0n) is 9.17. The molecule has 1 aliphatic rings. The molecule has 0 unspecified atom stereocenters. The van der Waals surface area contributed by atoms with Crippen LogP contribution in [0.25, 0.3) is 6.08 Å². The summed E-state index contributed by atoms with van der Waals surface area (Å²) in [5.74, 6) is 0.889. The van der Waals surface area contributed by atoms with Crippen molar-refractivity contribution in [2.75, 3.05) is 25.6 Å². The Morgan fingerprint density at radius 3 is 2.80 bits per heavy atom. The third kappa shape index (κ3) is 1.88. The summed E-state index contributed by atoms with van der Waals surface area (Å²) in [5.41, 5.74) is 3.82. The van der Waals surface area contributed by atoms with E-state index in [0.29, 0.717) is 0 Å². The predicted octanol–water partition coefficient (Wildman–Crippen LogP) is 3.31. The van der Waals surface area contributed by atoms with E-state index in [0.717, 1.165) is 16.8 Å². The van der Waals surface area contributed by atoms with Crippen LogP contribution in [0, 0.1) is 0 Å². The maximum absolute atomic E-state index is 5.26. The van der Waals surface area contributed by atoms with Crippen molar-refractivity contribution in [3.8, 4) is 5.75 Å². The normalized spacial score (nSPS) is 14.7. The Bertz CT molecular complexity index is 426. The minimum atomic E-state index is 0.889. The van der Waals surface area contributed by atoms with E-state index in [1.807, 2.05) is 6.07 Å². The number of benzene rings is 1. The second kappa shape index (κ2) is 3.89. The molecule has 0 aromatic heterocycles. The summed E-state index contributed by atoms with van der Waals surface area (Å²) in [5, 5.41) is 0. The first-order chi connectivity index (χ1) is 7.11. The second-order valence-electron chi connectivity index (χ2n) is 3.89. The van der Waals surface area contributed by atoms with Gasteiger partial charge in [-0.2, -0.15) is 0 Å². The maximum atomic E-state index is 5.26. The summed E-state index contributed by atoms with van der Waals surface area (Å²) in [4.78, 5) is 2.23. The molecule has 3 heteroatoms. The molecule has 0 saturated carbocycles. The highest BCUT2D eigenvalue weighted by Gasteiger charge is 2.16. The van der Waals surface area contributed by atoms with Crippen LogP contribution in [0.1, 0.15) is 12.5 Å². The number of rotatable bonds is 1. The van der Waals surface area contributed by atoms with Crippen molar-refractivity contribution >= 4 is 27.7 Å².